The van der Waals surface area contributed by atoms with Gasteiger partial charge in [-0.05, 0) is 24.6 Å². The number of carbonyl (C=O) groups excluding carboxylic acids is 1. The van der Waals surface area contributed by atoms with E-state index in [1.54, 1.807) is 6.92 Å². The summed E-state index contributed by atoms with van der Waals surface area (Å²) in [4.78, 5) is 15.2. The minimum atomic E-state index is -4.77. The number of esters is 1. The van der Waals surface area contributed by atoms with Crippen molar-refractivity contribution in [1.82, 2.24) is 10.1 Å². The van der Waals surface area contributed by atoms with Crippen molar-refractivity contribution >= 4 is 5.97 Å². The van der Waals surface area contributed by atoms with Crippen LogP contribution in [0.15, 0.2) is 28.8 Å². The van der Waals surface area contributed by atoms with Crippen molar-refractivity contribution in [1.29, 1.82) is 0 Å². The molecular formula is C13H12F3N3O4. The van der Waals surface area contributed by atoms with Gasteiger partial charge in [-0.3, -0.25) is 0 Å². The van der Waals surface area contributed by atoms with Crippen LogP contribution in [0.1, 0.15) is 35.0 Å². The summed E-state index contributed by atoms with van der Waals surface area (Å²) >= 11 is 0. The van der Waals surface area contributed by atoms with Crippen molar-refractivity contribution in [2.45, 2.75) is 19.3 Å². The number of alkyl halides is 3. The number of carbonyl (C=O) groups is 1. The Kier molecular flexibility index (Phi) is 4.84. The van der Waals surface area contributed by atoms with Crippen LogP contribution in [0, 0.1) is 0 Å². The van der Waals surface area contributed by atoms with Crippen LogP contribution in [0.4, 0.5) is 13.2 Å². The summed E-state index contributed by atoms with van der Waals surface area (Å²) in [6.07, 6.45) is -4.77. The molecular weight excluding hydrogens is 319 g/mol. The number of halogens is 3. The monoisotopic (exact) mass is 331 g/mol. The number of rotatable bonds is 5. The molecule has 23 heavy (non-hydrogen) atoms. The van der Waals surface area contributed by atoms with E-state index >= 15 is 0 Å². The molecule has 0 fully saturated rings. The number of nitrogens with zero attached hydrogens (tertiary/aromatic N) is 2. The van der Waals surface area contributed by atoms with E-state index in [0.29, 0.717) is 5.56 Å². The third-order valence-corrected chi connectivity index (χ3v) is 2.64. The molecule has 2 N–H and O–H groups in total. The molecule has 2 aromatic rings. The molecule has 7 nitrogen and oxygen atoms in total. The first-order valence-electron chi connectivity index (χ1n) is 6.42. The maximum atomic E-state index is 12.1. The highest BCUT2D eigenvalue weighted by Crippen LogP contribution is 2.25. The Morgan fingerprint density at radius 1 is 1.35 bits per heavy atom. The fraction of sp³-hybridized carbons (Fsp3) is 0.308. The lowest BCUT2D eigenvalue weighted by Gasteiger charge is -2.11. The maximum Gasteiger partial charge on any atom is 0.573 e. The van der Waals surface area contributed by atoms with Gasteiger partial charge in [-0.25, -0.2) is 4.79 Å². The third-order valence-electron chi connectivity index (χ3n) is 2.64. The zero-order valence-corrected chi connectivity index (χ0v) is 11.8. The Labute approximate surface area is 128 Å². The Balaban J connectivity index is 2.11. The van der Waals surface area contributed by atoms with Crippen LogP contribution in [0.5, 0.6) is 5.75 Å². The van der Waals surface area contributed by atoms with E-state index in [2.05, 4.69) is 19.6 Å². The summed E-state index contributed by atoms with van der Waals surface area (Å²) in [6.45, 7) is 1.76. The van der Waals surface area contributed by atoms with Gasteiger partial charge < -0.3 is 19.7 Å². The second-order valence-corrected chi connectivity index (χ2v) is 4.27. The summed E-state index contributed by atoms with van der Waals surface area (Å²) in [6, 6.07) is 3.98. The lowest BCUT2D eigenvalue weighted by Crippen LogP contribution is -2.17. The molecule has 1 heterocycles. The minimum Gasteiger partial charge on any atom is -0.459 e. The minimum absolute atomic E-state index is 0.00228. The van der Waals surface area contributed by atoms with E-state index < -0.39 is 18.4 Å². The van der Waals surface area contributed by atoms with Crippen LogP contribution in [-0.4, -0.2) is 29.1 Å². The molecule has 0 saturated carbocycles. The van der Waals surface area contributed by atoms with Crippen molar-refractivity contribution in [3.63, 3.8) is 0 Å². The van der Waals surface area contributed by atoms with E-state index in [0.717, 1.165) is 12.1 Å². The Hall–Kier alpha value is -2.62. The number of ether oxygens (including phenoxy) is 2. The quantitative estimate of drug-likeness (QED) is 0.838. The van der Waals surface area contributed by atoms with Gasteiger partial charge in [-0.15, -0.1) is 13.2 Å². The molecule has 0 aliphatic heterocycles. The second-order valence-electron chi connectivity index (χ2n) is 4.27. The lowest BCUT2D eigenvalue weighted by atomic mass is 10.1. The van der Waals surface area contributed by atoms with Gasteiger partial charge in [0, 0.05) is 0 Å². The van der Waals surface area contributed by atoms with Crippen LogP contribution in [0.3, 0.4) is 0 Å². The van der Waals surface area contributed by atoms with Gasteiger partial charge in [-0.2, -0.15) is 4.98 Å². The number of hydrogen-bond acceptors (Lipinski definition) is 7. The molecule has 10 heteroatoms. The van der Waals surface area contributed by atoms with Crippen molar-refractivity contribution in [3.05, 3.63) is 41.5 Å². The molecule has 1 unspecified atom stereocenters. The van der Waals surface area contributed by atoms with Gasteiger partial charge in [0.15, 0.2) is 5.82 Å². The van der Waals surface area contributed by atoms with Crippen molar-refractivity contribution in [2.24, 2.45) is 5.73 Å². The van der Waals surface area contributed by atoms with Crippen LogP contribution in [0.25, 0.3) is 0 Å². The standard InChI is InChI=1S/C13H12F3N3O4/c1-2-21-12(20)11-18-10(19-23-11)9(17)7-3-5-8(6-4-7)22-13(14,15)16/h3-6,9H,2,17H2,1H3. The largest absolute Gasteiger partial charge is 0.573 e. The number of aromatic nitrogens is 2. The smallest absolute Gasteiger partial charge is 0.459 e. The van der Waals surface area contributed by atoms with Crippen LogP contribution >= 0.6 is 0 Å². The summed E-state index contributed by atoms with van der Waals surface area (Å²) in [5.41, 5.74) is 6.29. The number of nitrogens with two attached hydrogens (primary N) is 1. The Morgan fingerprint density at radius 2 is 2.00 bits per heavy atom. The van der Waals surface area contributed by atoms with E-state index in [-0.39, 0.29) is 24.1 Å². The molecule has 0 aliphatic rings. The fourth-order valence-electron chi connectivity index (χ4n) is 1.66. The summed E-state index contributed by atoms with van der Waals surface area (Å²) < 4.78 is 49.4. The Morgan fingerprint density at radius 3 is 2.57 bits per heavy atom. The molecule has 0 bridgehead atoms. The average Bonchev–Trinajstić information content (AvgIpc) is 2.96. The molecule has 0 saturated heterocycles. The van der Waals surface area contributed by atoms with Gasteiger partial charge in [0.25, 0.3) is 0 Å². The van der Waals surface area contributed by atoms with Crippen molar-refractivity contribution in [2.75, 3.05) is 6.61 Å². The zero-order valence-electron chi connectivity index (χ0n) is 11.8. The van der Waals surface area contributed by atoms with Crippen LogP contribution in [-0.2, 0) is 4.74 Å². The van der Waals surface area contributed by atoms with E-state index in [1.165, 1.54) is 12.1 Å². The van der Waals surface area contributed by atoms with Crippen LogP contribution in [0.2, 0.25) is 0 Å². The molecule has 124 valence electrons. The van der Waals surface area contributed by atoms with Crippen molar-refractivity contribution < 1.29 is 32.0 Å². The first-order chi connectivity index (χ1) is 10.8. The molecule has 2 rings (SSSR count). The van der Waals surface area contributed by atoms with Crippen LogP contribution < -0.4 is 10.5 Å². The third kappa shape index (κ3) is 4.42. The first kappa shape index (κ1) is 16.7. The average molecular weight is 331 g/mol. The first-order valence-corrected chi connectivity index (χ1v) is 6.42. The highest BCUT2D eigenvalue weighted by atomic mass is 19.4. The summed E-state index contributed by atoms with van der Waals surface area (Å²) in [5.74, 6) is -1.52. The fourth-order valence-corrected chi connectivity index (χ4v) is 1.66. The molecule has 1 aromatic carbocycles. The van der Waals surface area contributed by atoms with E-state index in [4.69, 9.17) is 10.3 Å². The van der Waals surface area contributed by atoms with Gasteiger partial charge in [-0.1, -0.05) is 17.3 Å². The van der Waals surface area contributed by atoms with Gasteiger partial charge in [0.1, 0.15) is 5.75 Å². The predicted octanol–water partition coefficient (Wildman–Crippen LogP) is 2.19. The molecule has 0 spiro atoms. The Bertz CT molecular complexity index is 670. The van der Waals surface area contributed by atoms with Gasteiger partial charge in [0.2, 0.25) is 0 Å². The molecule has 0 aliphatic carbocycles. The maximum absolute atomic E-state index is 12.1. The predicted molar refractivity (Wildman–Crippen MR) is 69.4 cm³/mol. The molecule has 1 aromatic heterocycles. The zero-order chi connectivity index (χ0) is 17.0. The topological polar surface area (TPSA) is 100 Å². The summed E-state index contributed by atoms with van der Waals surface area (Å²) in [7, 11) is 0. The highest BCUT2D eigenvalue weighted by molar-refractivity contribution is 5.83. The normalized spacial score (nSPS) is 12.7. The van der Waals surface area contributed by atoms with Gasteiger partial charge in [0.05, 0.1) is 12.6 Å². The highest BCUT2D eigenvalue weighted by Gasteiger charge is 2.31. The van der Waals surface area contributed by atoms with Crippen molar-refractivity contribution in [3.8, 4) is 5.75 Å². The van der Waals surface area contributed by atoms with E-state index in [9.17, 15) is 18.0 Å². The molecule has 0 radical (unpaired) electrons. The number of benzene rings is 1. The second kappa shape index (κ2) is 6.65. The molecule has 1 atom stereocenters. The van der Waals surface area contributed by atoms with Gasteiger partial charge >= 0.3 is 18.2 Å². The SMILES string of the molecule is CCOC(=O)c1nc(C(N)c2ccc(OC(F)(F)F)cc2)no1. The lowest BCUT2D eigenvalue weighted by molar-refractivity contribution is -0.274. The summed E-state index contributed by atoms with van der Waals surface area (Å²) in [5, 5.41) is 3.55. The number of hydrogen-bond donors (Lipinski definition) is 1. The molecule has 0 amide bonds. The van der Waals surface area contributed by atoms with E-state index in [1.807, 2.05) is 0 Å².